The molecule has 0 bridgehead atoms. The van der Waals surface area contributed by atoms with E-state index in [9.17, 15) is 28.8 Å². The Morgan fingerprint density at radius 3 is 2.36 bits per heavy atom. The third kappa shape index (κ3) is 11.4. The van der Waals surface area contributed by atoms with Crippen LogP contribution in [0, 0.1) is 0 Å². The number of sulfonamides is 1. The lowest BCUT2D eigenvalue weighted by Gasteiger charge is -2.20. The van der Waals surface area contributed by atoms with Gasteiger partial charge in [-0.1, -0.05) is 12.1 Å². The summed E-state index contributed by atoms with van der Waals surface area (Å²) in [7, 11) is -3.58. The quantitative estimate of drug-likeness (QED) is 0.150. The molecule has 2 atom stereocenters. The summed E-state index contributed by atoms with van der Waals surface area (Å²) >= 11 is 0. The molecule has 6 N–H and O–H groups in total. The highest BCUT2D eigenvalue weighted by Gasteiger charge is 2.14. The molecule has 0 amide bonds. The SMILES string of the molecule is CS(=O)(=O)Nc1cc(OC[C@@H](O)CNC(CO)Cc2ccc(Oc3ncccc3CO)cc2)ccc1O.Cl.Cl. The Labute approximate surface area is 239 Å². The lowest BCUT2D eigenvalue weighted by Crippen LogP contribution is -2.41. The van der Waals surface area contributed by atoms with Gasteiger partial charge in [-0.25, -0.2) is 13.4 Å². The topological polar surface area (TPSA) is 170 Å². The third-order valence-corrected chi connectivity index (χ3v) is 5.80. The highest BCUT2D eigenvalue weighted by atomic mass is 35.5. The van der Waals surface area contributed by atoms with Crippen LogP contribution in [0.25, 0.3) is 0 Å². The first-order valence-corrected chi connectivity index (χ1v) is 13.3. The molecule has 0 saturated heterocycles. The molecule has 39 heavy (non-hydrogen) atoms. The summed E-state index contributed by atoms with van der Waals surface area (Å²) in [5.41, 5.74) is 1.48. The van der Waals surface area contributed by atoms with E-state index in [1.165, 1.54) is 18.2 Å². The summed E-state index contributed by atoms with van der Waals surface area (Å²) in [6.07, 6.45) is 2.13. The molecule has 3 rings (SSSR count). The highest BCUT2D eigenvalue weighted by molar-refractivity contribution is 7.92. The van der Waals surface area contributed by atoms with Crippen LogP contribution in [0.5, 0.6) is 23.1 Å². The standard InChI is InChI=1S/C25H31N3O8S.2ClH/c1-37(33,34)28-23-12-22(8-9-24(23)32)35-16-20(31)13-27-19(15-30)11-17-4-6-21(7-5-17)36-25-18(14-29)3-2-10-26-25;;/h2-10,12,19-20,27-32H,11,13-16H2,1H3;2*1H/t19?,20-;;/m0../s1. The number of benzene rings is 2. The van der Waals surface area contributed by atoms with Crippen molar-refractivity contribution >= 4 is 40.5 Å². The van der Waals surface area contributed by atoms with Gasteiger partial charge >= 0.3 is 0 Å². The predicted molar refractivity (Wildman–Crippen MR) is 152 cm³/mol. The first-order valence-electron chi connectivity index (χ1n) is 11.4. The van der Waals surface area contributed by atoms with Gasteiger partial charge in [0.25, 0.3) is 0 Å². The summed E-state index contributed by atoms with van der Waals surface area (Å²) < 4.78 is 36.2. The number of ether oxygens (including phenoxy) is 2. The van der Waals surface area contributed by atoms with E-state index in [4.69, 9.17) is 9.47 Å². The Hall–Kier alpha value is -2.84. The number of anilines is 1. The zero-order valence-corrected chi connectivity index (χ0v) is 23.5. The number of phenolic OH excluding ortho intramolecular Hbond substituents is 1. The molecule has 0 fully saturated rings. The fourth-order valence-corrected chi connectivity index (χ4v) is 3.93. The summed E-state index contributed by atoms with van der Waals surface area (Å²) in [6, 6.07) is 14.4. The van der Waals surface area contributed by atoms with Gasteiger partial charge in [0.15, 0.2) is 0 Å². The number of aromatic nitrogens is 1. The second kappa shape index (κ2) is 16.3. The molecule has 3 aromatic rings. The van der Waals surface area contributed by atoms with E-state index in [0.717, 1.165) is 11.8 Å². The van der Waals surface area contributed by atoms with Crippen LogP contribution in [0.2, 0.25) is 0 Å². The predicted octanol–water partition coefficient (Wildman–Crippen LogP) is 2.22. The lowest BCUT2D eigenvalue weighted by molar-refractivity contribution is 0.0997. The van der Waals surface area contributed by atoms with Gasteiger partial charge in [0.1, 0.15) is 30.0 Å². The Balaban J connectivity index is 0.00000380. The summed E-state index contributed by atoms with van der Waals surface area (Å²) in [5.74, 6) is 0.902. The zero-order valence-electron chi connectivity index (χ0n) is 21.1. The second-order valence-electron chi connectivity index (χ2n) is 8.38. The van der Waals surface area contributed by atoms with E-state index in [0.29, 0.717) is 23.6 Å². The van der Waals surface area contributed by atoms with Crippen molar-refractivity contribution in [3.63, 3.8) is 0 Å². The molecule has 11 nitrogen and oxygen atoms in total. The number of pyridine rings is 1. The van der Waals surface area contributed by atoms with Gasteiger partial charge < -0.3 is 35.2 Å². The maximum atomic E-state index is 11.4. The number of aliphatic hydroxyl groups is 3. The third-order valence-electron chi connectivity index (χ3n) is 5.21. The maximum absolute atomic E-state index is 11.4. The molecule has 0 saturated carbocycles. The van der Waals surface area contributed by atoms with Crippen LogP contribution in [-0.4, -0.2) is 72.0 Å². The molecule has 0 aliphatic heterocycles. The number of nitrogens with zero attached hydrogens (tertiary/aromatic N) is 1. The molecule has 1 unspecified atom stereocenters. The van der Waals surface area contributed by atoms with Crippen molar-refractivity contribution in [2.45, 2.75) is 25.2 Å². The van der Waals surface area contributed by atoms with Gasteiger partial charge in [-0.3, -0.25) is 4.72 Å². The molecular formula is C25H33Cl2N3O8S. The number of hydrogen-bond acceptors (Lipinski definition) is 10. The van der Waals surface area contributed by atoms with Crippen molar-refractivity contribution in [2.24, 2.45) is 0 Å². The van der Waals surface area contributed by atoms with Gasteiger partial charge in [0.05, 0.1) is 25.2 Å². The minimum absolute atomic E-state index is 0. The van der Waals surface area contributed by atoms with E-state index in [-0.39, 0.29) is 74.4 Å². The molecule has 216 valence electrons. The van der Waals surface area contributed by atoms with E-state index < -0.39 is 16.1 Å². The van der Waals surface area contributed by atoms with Crippen LogP contribution in [0.1, 0.15) is 11.1 Å². The average molecular weight is 607 g/mol. The Bertz CT molecular complexity index is 1270. The molecule has 0 aliphatic rings. The van der Waals surface area contributed by atoms with Crippen LogP contribution in [0.4, 0.5) is 5.69 Å². The van der Waals surface area contributed by atoms with Gasteiger partial charge in [-0.2, -0.15) is 0 Å². The molecule has 0 spiro atoms. The number of phenols is 1. The van der Waals surface area contributed by atoms with Crippen molar-refractivity contribution in [3.8, 4) is 23.1 Å². The molecule has 0 aliphatic carbocycles. The number of hydrogen-bond donors (Lipinski definition) is 6. The van der Waals surface area contributed by atoms with Crippen molar-refractivity contribution < 1.29 is 38.3 Å². The lowest BCUT2D eigenvalue weighted by atomic mass is 10.1. The van der Waals surface area contributed by atoms with Crippen molar-refractivity contribution in [2.75, 3.05) is 30.7 Å². The van der Waals surface area contributed by atoms with Crippen LogP contribution in [0.3, 0.4) is 0 Å². The summed E-state index contributed by atoms with van der Waals surface area (Å²) in [5, 5.41) is 42.3. The monoisotopic (exact) mass is 605 g/mol. The first-order chi connectivity index (χ1) is 17.7. The van der Waals surface area contributed by atoms with Crippen LogP contribution in [0.15, 0.2) is 60.8 Å². The minimum atomic E-state index is -3.58. The van der Waals surface area contributed by atoms with Gasteiger partial charge in [-0.15, -0.1) is 24.8 Å². The number of aromatic hydroxyl groups is 1. The van der Waals surface area contributed by atoms with Crippen LogP contribution < -0.4 is 19.5 Å². The number of rotatable bonds is 14. The van der Waals surface area contributed by atoms with E-state index in [2.05, 4.69) is 15.0 Å². The highest BCUT2D eigenvalue weighted by Crippen LogP contribution is 2.29. The van der Waals surface area contributed by atoms with Crippen molar-refractivity contribution in [1.82, 2.24) is 10.3 Å². The Morgan fingerprint density at radius 2 is 1.72 bits per heavy atom. The molecule has 1 aromatic heterocycles. The Kier molecular flexibility index (Phi) is 14.3. The maximum Gasteiger partial charge on any atom is 0.229 e. The molecule has 0 radical (unpaired) electrons. The minimum Gasteiger partial charge on any atom is -0.506 e. The first kappa shape index (κ1) is 34.2. The van der Waals surface area contributed by atoms with E-state index in [1.54, 1.807) is 30.5 Å². The van der Waals surface area contributed by atoms with Crippen LogP contribution in [-0.2, 0) is 23.1 Å². The number of nitrogens with one attached hydrogen (secondary N) is 2. The number of halogens is 2. The molecule has 14 heteroatoms. The van der Waals surface area contributed by atoms with Crippen LogP contribution >= 0.6 is 24.8 Å². The number of aliphatic hydroxyl groups excluding tert-OH is 3. The average Bonchev–Trinajstić information content (AvgIpc) is 2.87. The largest absolute Gasteiger partial charge is 0.506 e. The molecule has 1 heterocycles. The summed E-state index contributed by atoms with van der Waals surface area (Å²) in [6.45, 7) is -0.289. The normalized spacial score (nSPS) is 12.4. The van der Waals surface area contributed by atoms with E-state index in [1.807, 2.05) is 12.1 Å². The van der Waals surface area contributed by atoms with Gasteiger partial charge in [0, 0.05) is 30.4 Å². The smallest absolute Gasteiger partial charge is 0.229 e. The fourth-order valence-electron chi connectivity index (χ4n) is 3.37. The molecule has 2 aromatic carbocycles. The van der Waals surface area contributed by atoms with Gasteiger partial charge in [0.2, 0.25) is 15.9 Å². The fraction of sp³-hybridized carbons (Fsp3) is 0.320. The van der Waals surface area contributed by atoms with Crippen molar-refractivity contribution in [1.29, 1.82) is 0 Å². The second-order valence-corrected chi connectivity index (χ2v) is 10.1. The van der Waals surface area contributed by atoms with Gasteiger partial charge in [-0.05, 0) is 48.4 Å². The molecular weight excluding hydrogens is 573 g/mol. The summed E-state index contributed by atoms with van der Waals surface area (Å²) in [4.78, 5) is 4.13. The van der Waals surface area contributed by atoms with E-state index >= 15 is 0 Å². The zero-order chi connectivity index (χ0) is 26.8. The Morgan fingerprint density at radius 1 is 1.03 bits per heavy atom. The van der Waals surface area contributed by atoms with Crippen molar-refractivity contribution in [3.05, 3.63) is 71.9 Å².